The molecule has 1 aromatic rings. The van der Waals surface area contributed by atoms with Gasteiger partial charge in [-0.1, -0.05) is 0 Å². The SMILES string of the molecule is CS(=O)(=O)N1CCC(NCc2nccs2)CC1. The molecule has 0 unspecified atom stereocenters. The summed E-state index contributed by atoms with van der Waals surface area (Å²) < 4.78 is 24.2. The van der Waals surface area contributed by atoms with Crippen molar-refractivity contribution in [3.8, 4) is 0 Å². The molecule has 1 aromatic heterocycles. The molecule has 1 fully saturated rings. The Morgan fingerprint density at radius 3 is 2.76 bits per heavy atom. The van der Waals surface area contributed by atoms with Gasteiger partial charge in [-0.05, 0) is 12.8 Å². The topological polar surface area (TPSA) is 62.3 Å². The second-order valence-electron chi connectivity index (χ2n) is 4.24. The van der Waals surface area contributed by atoms with Crippen molar-refractivity contribution in [2.24, 2.45) is 0 Å². The molecule has 17 heavy (non-hydrogen) atoms. The number of nitrogens with one attached hydrogen (secondary N) is 1. The van der Waals surface area contributed by atoms with Gasteiger partial charge in [0.05, 0.1) is 6.26 Å². The fourth-order valence-corrected chi connectivity index (χ4v) is 3.40. The smallest absolute Gasteiger partial charge is 0.211 e. The fraction of sp³-hybridized carbons (Fsp3) is 0.700. The summed E-state index contributed by atoms with van der Waals surface area (Å²) in [5.41, 5.74) is 0. The quantitative estimate of drug-likeness (QED) is 0.877. The fourth-order valence-electron chi connectivity index (χ4n) is 1.96. The van der Waals surface area contributed by atoms with Crippen LogP contribution in [0.2, 0.25) is 0 Å². The van der Waals surface area contributed by atoms with Crippen LogP contribution >= 0.6 is 11.3 Å². The first-order chi connectivity index (χ1) is 8.05. The Morgan fingerprint density at radius 1 is 1.53 bits per heavy atom. The van der Waals surface area contributed by atoms with Gasteiger partial charge in [0.2, 0.25) is 10.0 Å². The molecule has 7 heteroatoms. The molecule has 1 aliphatic heterocycles. The van der Waals surface area contributed by atoms with Crippen molar-refractivity contribution in [1.82, 2.24) is 14.6 Å². The molecule has 1 aliphatic rings. The molecule has 5 nitrogen and oxygen atoms in total. The zero-order valence-corrected chi connectivity index (χ0v) is 11.4. The van der Waals surface area contributed by atoms with Gasteiger partial charge in [0, 0.05) is 37.3 Å². The van der Waals surface area contributed by atoms with Crippen LogP contribution in [0.25, 0.3) is 0 Å². The van der Waals surface area contributed by atoms with E-state index < -0.39 is 10.0 Å². The lowest BCUT2D eigenvalue weighted by Crippen LogP contribution is -2.44. The molecule has 0 radical (unpaired) electrons. The van der Waals surface area contributed by atoms with E-state index in [1.54, 1.807) is 21.8 Å². The largest absolute Gasteiger partial charge is 0.308 e. The zero-order valence-electron chi connectivity index (χ0n) is 9.80. The molecule has 0 atom stereocenters. The Balaban J connectivity index is 1.76. The van der Waals surface area contributed by atoms with Gasteiger partial charge >= 0.3 is 0 Å². The first-order valence-electron chi connectivity index (χ1n) is 5.62. The van der Waals surface area contributed by atoms with E-state index in [9.17, 15) is 8.42 Å². The molecule has 0 bridgehead atoms. The third-order valence-corrected chi connectivity index (χ3v) is 5.03. The maximum absolute atomic E-state index is 11.3. The van der Waals surface area contributed by atoms with Crippen molar-refractivity contribution in [2.45, 2.75) is 25.4 Å². The average Bonchev–Trinajstić information content (AvgIpc) is 2.78. The maximum Gasteiger partial charge on any atom is 0.211 e. The Labute approximate surface area is 106 Å². The summed E-state index contributed by atoms with van der Waals surface area (Å²) in [6.45, 7) is 2.02. The molecular weight excluding hydrogens is 258 g/mol. The van der Waals surface area contributed by atoms with Gasteiger partial charge in [-0.2, -0.15) is 0 Å². The van der Waals surface area contributed by atoms with Gasteiger partial charge in [0.15, 0.2) is 0 Å². The van der Waals surface area contributed by atoms with Crippen molar-refractivity contribution >= 4 is 21.4 Å². The van der Waals surface area contributed by atoms with E-state index >= 15 is 0 Å². The number of nitrogens with zero attached hydrogens (tertiary/aromatic N) is 2. The van der Waals surface area contributed by atoms with E-state index in [0.29, 0.717) is 19.1 Å². The van der Waals surface area contributed by atoms with E-state index in [4.69, 9.17) is 0 Å². The van der Waals surface area contributed by atoms with Crippen molar-refractivity contribution in [3.05, 3.63) is 16.6 Å². The summed E-state index contributed by atoms with van der Waals surface area (Å²) in [7, 11) is -3.01. The highest BCUT2D eigenvalue weighted by Gasteiger charge is 2.24. The molecule has 0 spiro atoms. The monoisotopic (exact) mass is 275 g/mol. The number of thiazole rings is 1. The molecule has 0 amide bonds. The lowest BCUT2D eigenvalue weighted by Gasteiger charge is -2.30. The first kappa shape index (κ1) is 12.9. The molecule has 2 rings (SSSR count). The van der Waals surface area contributed by atoms with Gasteiger partial charge in [-0.25, -0.2) is 17.7 Å². The van der Waals surface area contributed by atoms with Crippen molar-refractivity contribution in [1.29, 1.82) is 0 Å². The maximum atomic E-state index is 11.3. The number of sulfonamides is 1. The summed E-state index contributed by atoms with van der Waals surface area (Å²) >= 11 is 1.64. The highest BCUT2D eigenvalue weighted by atomic mass is 32.2. The van der Waals surface area contributed by atoms with Crippen LogP contribution in [0.3, 0.4) is 0 Å². The zero-order chi connectivity index (χ0) is 12.3. The summed E-state index contributed by atoms with van der Waals surface area (Å²) in [6.07, 6.45) is 4.82. The van der Waals surface area contributed by atoms with Gasteiger partial charge in [0.25, 0.3) is 0 Å². The summed E-state index contributed by atoms with van der Waals surface area (Å²) in [5, 5.41) is 6.46. The molecular formula is C10H17N3O2S2. The van der Waals surface area contributed by atoms with Crippen LogP contribution in [0, 0.1) is 0 Å². The number of hydrogen-bond donors (Lipinski definition) is 1. The molecule has 1 N–H and O–H groups in total. The van der Waals surface area contributed by atoms with E-state index in [2.05, 4.69) is 10.3 Å². The van der Waals surface area contributed by atoms with Gasteiger partial charge in [0.1, 0.15) is 5.01 Å². The molecule has 0 aliphatic carbocycles. The van der Waals surface area contributed by atoms with Gasteiger partial charge < -0.3 is 5.32 Å². The Bertz CT molecular complexity index is 436. The van der Waals surface area contributed by atoms with E-state index in [1.165, 1.54) is 6.26 Å². The number of aromatic nitrogens is 1. The normalized spacial score (nSPS) is 19.6. The van der Waals surface area contributed by atoms with Crippen LogP contribution in [0.5, 0.6) is 0 Å². The van der Waals surface area contributed by atoms with E-state index in [0.717, 1.165) is 24.4 Å². The second-order valence-corrected chi connectivity index (χ2v) is 7.20. The van der Waals surface area contributed by atoms with Crippen LogP contribution in [-0.2, 0) is 16.6 Å². The lowest BCUT2D eigenvalue weighted by atomic mass is 10.1. The third kappa shape index (κ3) is 3.74. The summed E-state index contributed by atoms with van der Waals surface area (Å²) in [6, 6.07) is 0.400. The number of hydrogen-bond acceptors (Lipinski definition) is 5. The van der Waals surface area contributed by atoms with Crippen LogP contribution in [0.1, 0.15) is 17.8 Å². The first-order valence-corrected chi connectivity index (χ1v) is 8.35. The minimum atomic E-state index is -3.01. The van der Waals surface area contributed by atoms with Gasteiger partial charge in [-0.15, -0.1) is 11.3 Å². The average molecular weight is 275 g/mol. The van der Waals surface area contributed by atoms with Crippen molar-refractivity contribution < 1.29 is 8.42 Å². The van der Waals surface area contributed by atoms with E-state index in [-0.39, 0.29) is 0 Å². The standard InChI is InChI=1S/C10H17N3O2S2/c1-17(14,15)13-5-2-9(3-6-13)12-8-10-11-4-7-16-10/h4,7,9,12H,2-3,5-6,8H2,1H3. The van der Waals surface area contributed by atoms with E-state index in [1.807, 2.05) is 5.38 Å². The molecule has 96 valence electrons. The summed E-state index contributed by atoms with van der Waals surface area (Å²) in [5.74, 6) is 0. The van der Waals surface area contributed by atoms with Crippen molar-refractivity contribution in [3.63, 3.8) is 0 Å². The Hall–Kier alpha value is -0.500. The van der Waals surface area contributed by atoms with Crippen LogP contribution in [0.15, 0.2) is 11.6 Å². The highest BCUT2D eigenvalue weighted by Crippen LogP contribution is 2.14. The van der Waals surface area contributed by atoms with Crippen LogP contribution in [-0.4, -0.2) is 43.1 Å². The molecule has 2 heterocycles. The Morgan fingerprint density at radius 2 is 2.24 bits per heavy atom. The predicted molar refractivity (Wildman–Crippen MR) is 68.4 cm³/mol. The molecule has 0 aromatic carbocycles. The van der Waals surface area contributed by atoms with Crippen LogP contribution in [0.4, 0.5) is 0 Å². The minimum Gasteiger partial charge on any atom is -0.308 e. The highest BCUT2D eigenvalue weighted by molar-refractivity contribution is 7.88. The van der Waals surface area contributed by atoms with Crippen molar-refractivity contribution in [2.75, 3.05) is 19.3 Å². The Kier molecular flexibility index (Phi) is 4.13. The van der Waals surface area contributed by atoms with Crippen LogP contribution < -0.4 is 5.32 Å². The van der Waals surface area contributed by atoms with Gasteiger partial charge in [-0.3, -0.25) is 0 Å². The number of rotatable bonds is 4. The predicted octanol–water partition coefficient (Wildman–Crippen LogP) is 0.657. The minimum absolute atomic E-state index is 0.400. The second kappa shape index (κ2) is 5.43. The molecule has 0 saturated carbocycles. The molecule has 1 saturated heterocycles. The lowest BCUT2D eigenvalue weighted by molar-refractivity contribution is 0.290. The number of piperidine rings is 1. The third-order valence-electron chi connectivity index (χ3n) is 2.95. The summed E-state index contributed by atoms with van der Waals surface area (Å²) in [4.78, 5) is 4.20.